The molecule has 0 saturated heterocycles. The average Bonchev–Trinajstić information content (AvgIpc) is 2.55. The predicted molar refractivity (Wildman–Crippen MR) is 102 cm³/mol. The quantitative estimate of drug-likeness (QED) is 0.285. The smallest absolute Gasteiger partial charge is 0.744 e. The van der Waals surface area contributed by atoms with Crippen LogP contribution in [0.5, 0.6) is 0 Å². The van der Waals surface area contributed by atoms with Crippen LogP contribution in [0.4, 0.5) is 0 Å². The van der Waals surface area contributed by atoms with E-state index in [4.69, 9.17) is 0 Å². The molecular formula is C18H18O6PbS2. The zero-order valence-corrected chi connectivity index (χ0v) is 19.9. The molecule has 2 rings (SSSR count). The minimum atomic E-state index is -4.35. The SMILES string of the molecule is C=CCc1ccccc1S(=O)(=O)[O-].C=CCc1ccccc1S(=O)(=O)[O-].[Pb+2]. The fourth-order valence-electron chi connectivity index (χ4n) is 2.14. The second kappa shape index (κ2) is 11.5. The van der Waals surface area contributed by atoms with E-state index in [1.165, 1.54) is 24.3 Å². The van der Waals surface area contributed by atoms with E-state index in [1.54, 1.807) is 36.4 Å². The maximum absolute atomic E-state index is 10.7. The van der Waals surface area contributed by atoms with Crippen LogP contribution in [-0.4, -0.2) is 53.2 Å². The maximum atomic E-state index is 10.7. The van der Waals surface area contributed by atoms with Crippen molar-refractivity contribution in [1.29, 1.82) is 0 Å². The minimum Gasteiger partial charge on any atom is -0.744 e. The molecule has 2 aromatic carbocycles. The van der Waals surface area contributed by atoms with E-state index in [2.05, 4.69) is 13.2 Å². The molecule has 0 aromatic heterocycles. The molecule has 0 aliphatic carbocycles. The molecule has 0 amide bonds. The number of hydrogen-bond acceptors (Lipinski definition) is 6. The summed E-state index contributed by atoms with van der Waals surface area (Å²) < 4.78 is 64.4. The van der Waals surface area contributed by atoms with E-state index in [1.807, 2.05) is 0 Å². The van der Waals surface area contributed by atoms with Crippen LogP contribution in [0.25, 0.3) is 0 Å². The Bertz CT molecular complexity index is 901. The van der Waals surface area contributed by atoms with Crippen LogP contribution in [0.3, 0.4) is 0 Å². The first-order chi connectivity index (χ1) is 12.1. The first kappa shape index (κ1) is 25.7. The van der Waals surface area contributed by atoms with Gasteiger partial charge >= 0.3 is 27.3 Å². The maximum Gasteiger partial charge on any atom is 2.00 e. The molecule has 142 valence electrons. The van der Waals surface area contributed by atoms with Gasteiger partial charge in [0.05, 0.1) is 9.79 Å². The molecule has 0 aliphatic heterocycles. The van der Waals surface area contributed by atoms with Gasteiger partial charge in [0.1, 0.15) is 20.2 Å². The van der Waals surface area contributed by atoms with E-state index in [0.717, 1.165) is 0 Å². The molecular weight excluding hydrogens is 584 g/mol. The Morgan fingerprint density at radius 3 is 1.26 bits per heavy atom. The third-order valence-electron chi connectivity index (χ3n) is 3.21. The van der Waals surface area contributed by atoms with Crippen molar-refractivity contribution in [2.75, 3.05) is 0 Å². The van der Waals surface area contributed by atoms with Gasteiger partial charge in [0, 0.05) is 0 Å². The second-order valence-corrected chi connectivity index (χ2v) is 7.81. The molecule has 0 bridgehead atoms. The summed E-state index contributed by atoms with van der Waals surface area (Å²) >= 11 is 0. The first-order valence-electron chi connectivity index (χ1n) is 7.40. The molecule has 6 nitrogen and oxygen atoms in total. The van der Waals surface area contributed by atoms with E-state index < -0.39 is 20.2 Å². The van der Waals surface area contributed by atoms with Gasteiger partial charge in [0.25, 0.3) is 0 Å². The van der Waals surface area contributed by atoms with Crippen LogP contribution in [0.2, 0.25) is 0 Å². The Morgan fingerprint density at radius 2 is 1.00 bits per heavy atom. The largest absolute Gasteiger partial charge is 2.00 e. The van der Waals surface area contributed by atoms with E-state index in [-0.39, 0.29) is 37.1 Å². The van der Waals surface area contributed by atoms with Crippen LogP contribution >= 0.6 is 0 Å². The zero-order chi connectivity index (χ0) is 19.8. The van der Waals surface area contributed by atoms with Gasteiger partial charge in [-0.3, -0.25) is 0 Å². The zero-order valence-electron chi connectivity index (χ0n) is 14.4. The molecule has 0 atom stereocenters. The average molecular weight is 602 g/mol. The van der Waals surface area contributed by atoms with E-state index in [9.17, 15) is 25.9 Å². The van der Waals surface area contributed by atoms with Gasteiger partial charge in [-0.05, 0) is 36.1 Å². The van der Waals surface area contributed by atoms with Crippen molar-refractivity contribution in [1.82, 2.24) is 0 Å². The third kappa shape index (κ3) is 8.47. The van der Waals surface area contributed by atoms with Crippen molar-refractivity contribution in [2.45, 2.75) is 22.6 Å². The van der Waals surface area contributed by atoms with Gasteiger partial charge in [-0.2, -0.15) is 0 Å². The predicted octanol–water partition coefficient (Wildman–Crippen LogP) is 2.26. The molecule has 0 saturated carbocycles. The Kier molecular flexibility index (Phi) is 10.9. The monoisotopic (exact) mass is 602 g/mol. The normalized spacial score (nSPS) is 10.7. The van der Waals surface area contributed by atoms with Crippen molar-refractivity contribution in [3.8, 4) is 0 Å². The molecule has 27 heavy (non-hydrogen) atoms. The Hall–Kier alpha value is -1.34. The number of hydrogen-bond donors (Lipinski definition) is 0. The van der Waals surface area contributed by atoms with Gasteiger partial charge in [-0.1, -0.05) is 48.6 Å². The summed E-state index contributed by atoms with van der Waals surface area (Å²) in [6.07, 6.45) is 3.89. The molecule has 0 spiro atoms. The van der Waals surface area contributed by atoms with Gasteiger partial charge in [-0.15, -0.1) is 13.2 Å². The second-order valence-electron chi connectivity index (χ2n) is 5.11. The van der Waals surface area contributed by atoms with Gasteiger partial charge in [0.15, 0.2) is 0 Å². The number of rotatable bonds is 6. The first-order valence-corrected chi connectivity index (χ1v) is 10.2. The van der Waals surface area contributed by atoms with Crippen LogP contribution in [0.1, 0.15) is 11.1 Å². The van der Waals surface area contributed by atoms with Crippen molar-refractivity contribution in [3.05, 3.63) is 85.0 Å². The molecule has 0 heterocycles. The standard InChI is InChI=1S/2C9H10O3S.Pb/c2*1-2-5-8-6-3-4-7-9(8)13(10,11)12;/h2*2-4,6-7H,1,5H2,(H,10,11,12);/q;;+2/p-2. The van der Waals surface area contributed by atoms with Crippen molar-refractivity contribution < 1.29 is 25.9 Å². The summed E-state index contributed by atoms with van der Waals surface area (Å²) in [4.78, 5) is -0.315. The van der Waals surface area contributed by atoms with Crippen LogP contribution < -0.4 is 0 Å². The van der Waals surface area contributed by atoms with Crippen molar-refractivity contribution in [3.63, 3.8) is 0 Å². The summed E-state index contributed by atoms with van der Waals surface area (Å²) in [6.45, 7) is 6.96. The van der Waals surface area contributed by atoms with Crippen LogP contribution in [0, 0.1) is 0 Å². The van der Waals surface area contributed by atoms with Gasteiger partial charge in [-0.25, -0.2) is 16.8 Å². The van der Waals surface area contributed by atoms with Crippen LogP contribution in [0.15, 0.2) is 83.6 Å². The molecule has 2 radical (unpaired) electrons. The summed E-state index contributed by atoms with van der Waals surface area (Å²) in [5.74, 6) is 0. The van der Waals surface area contributed by atoms with E-state index in [0.29, 0.717) is 24.0 Å². The summed E-state index contributed by atoms with van der Waals surface area (Å²) in [7, 11) is -8.71. The Morgan fingerprint density at radius 1 is 0.704 bits per heavy atom. The fraction of sp³-hybridized carbons (Fsp3) is 0.111. The summed E-state index contributed by atoms with van der Waals surface area (Å²) in [5, 5.41) is 0. The molecule has 0 aliphatic rings. The summed E-state index contributed by atoms with van der Waals surface area (Å²) in [6, 6.07) is 12.2. The number of benzene rings is 2. The minimum absolute atomic E-state index is 0. The Labute approximate surface area is 180 Å². The van der Waals surface area contributed by atoms with E-state index >= 15 is 0 Å². The Balaban J connectivity index is 0.000000483. The topological polar surface area (TPSA) is 114 Å². The van der Waals surface area contributed by atoms with Crippen LogP contribution in [-0.2, 0) is 33.1 Å². The molecule has 0 unspecified atom stereocenters. The molecule has 0 fully saturated rings. The summed E-state index contributed by atoms with van der Waals surface area (Å²) in [5.41, 5.74) is 0.986. The van der Waals surface area contributed by atoms with Gasteiger partial charge < -0.3 is 9.11 Å². The van der Waals surface area contributed by atoms with Crippen molar-refractivity contribution >= 4 is 47.5 Å². The fourth-order valence-corrected chi connectivity index (χ4v) is 3.58. The third-order valence-corrected chi connectivity index (χ3v) is 5.09. The molecule has 2 aromatic rings. The molecule has 9 heteroatoms. The number of allylic oxidation sites excluding steroid dienone is 2. The van der Waals surface area contributed by atoms with Gasteiger partial charge in [0.2, 0.25) is 0 Å². The molecule has 0 N–H and O–H groups in total. The van der Waals surface area contributed by atoms with Crippen molar-refractivity contribution in [2.24, 2.45) is 0 Å².